The summed E-state index contributed by atoms with van der Waals surface area (Å²) in [5.41, 5.74) is 0.588. The van der Waals surface area contributed by atoms with Crippen molar-refractivity contribution in [3.8, 4) is 0 Å². The molecule has 1 atom stereocenters. The van der Waals surface area contributed by atoms with Gasteiger partial charge in [-0.2, -0.15) is 0 Å². The normalized spacial score (nSPS) is 24.3. The largest absolute Gasteiger partial charge is 0.324 e. The first-order chi connectivity index (χ1) is 10.5. The molecule has 116 valence electrons. The molecule has 1 aromatic carbocycles. The van der Waals surface area contributed by atoms with Crippen LogP contribution >= 0.6 is 0 Å². The van der Waals surface area contributed by atoms with Crippen LogP contribution in [-0.2, 0) is 4.79 Å². The molecule has 4 nitrogen and oxygen atoms in total. The molecular weight excluding hydrogens is 276 g/mol. The van der Waals surface area contributed by atoms with E-state index in [2.05, 4.69) is 6.58 Å². The van der Waals surface area contributed by atoms with Gasteiger partial charge in [-0.15, -0.1) is 6.58 Å². The Bertz CT molecular complexity index is 638. The number of para-hydroxylation sites is 1. The molecule has 0 spiro atoms. The van der Waals surface area contributed by atoms with E-state index in [-0.39, 0.29) is 17.9 Å². The van der Waals surface area contributed by atoms with Gasteiger partial charge in [-0.3, -0.25) is 9.59 Å². The number of hydrogen-bond donors (Lipinski definition) is 0. The predicted molar refractivity (Wildman–Crippen MR) is 86.9 cm³/mol. The first-order valence-corrected chi connectivity index (χ1v) is 7.88. The van der Waals surface area contributed by atoms with E-state index >= 15 is 0 Å². The smallest absolute Gasteiger partial charge is 0.256 e. The quantitative estimate of drug-likeness (QED) is 0.805. The zero-order valence-electron chi connectivity index (χ0n) is 13.2. The van der Waals surface area contributed by atoms with E-state index in [1.807, 2.05) is 38.1 Å². The third-order valence-electron chi connectivity index (χ3n) is 4.74. The maximum atomic E-state index is 13.4. The molecule has 1 aromatic rings. The van der Waals surface area contributed by atoms with Crippen LogP contribution in [0.1, 0.15) is 43.5 Å². The molecule has 0 saturated carbocycles. The zero-order chi connectivity index (χ0) is 15.9. The molecule has 0 N–H and O–H groups in total. The van der Waals surface area contributed by atoms with Crippen molar-refractivity contribution < 1.29 is 9.59 Å². The minimum absolute atomic E-state index is 0.00342. The van der Waals surface area contributed by atoms with Gasteiger partial charge < -0.3 is 9.80 Å². The fourth-order valence-corrected chi connectivity index (χ4v) is 3.79. The number of anilines is 1. The van der Waals surface area contributed by atoms with Crippen molar-refractivity contribution in [1.82, 2.24) is 4.90 Å². The van der Waals surface area contributed by atoms with E-state index in [4.69, 9.17) is 0 Å². The van der Waals surface area contributed by atoms with Gasteiger partial charge in [0.25, 0.3) is 11.8 Å². The Morgan fingerprint density at radius 2 is 2.05 bits per heavy atom. The molecule has 1 saturated heterocycles. The topological polar surface area (TPSA) is 40.6 Å². The third kappa shape index (κ3) is 1.90. The lowest BCUT2D eigenvalue weighted by atomic mass is 9.90. The summed E-state index contributed by atoms with van der Waals surface area (Å²) in [5.74, 6) is -0.00958. The van der Waals surface area contributed by atoms with Gasteiger partial charge in [0.05, 0.1) is 11.3 Å². The molecule has 0 radical (unpaired) electrons. The lowest BCUT2D eigenvalue weighted by molar-refractivity contribution is -0.128. The summed E-state index contributed by atoms with van der Waals surface area (Å²) in [6.45, 7) is 8.43. The van der Waals surface area contributed by atoms with Gasteiger partial charge >= 0.3 is 0 Å². The molecule has 22 heavy (non-hydrogen) atoms. The van der Waals surface area contributed by atoms with Crippen LogP contribution in [0.25, 0.3) is 0 Å². The van der Waals surface area contributed by atoms with Gasteiger partial charge in [-0.05, 0) is 45.2 Å². The number of benzene rings is 1. The second kappa shape index (κ2) is 5.27. The minimum atomic E-state index is -0.762. The van der Waals surface area contributed by atoms with Crippen molar-refractivity contribution in [1.29, 1.82) is 0 Å². The van der Waals surface area contributed by atoms with Crippen molar-refractivity contribution in [2.24, 2.45) is 0 Å². The van der Waals surface area contributed by atoms with Crippen molar-refractivity contribution in [2.75, 3.05) is 11.4 Å². The van der Waals surface area contributed by atoms with Crippen LogP contribution in [0.2, 0.25) is 0 Å². The predicted octanol–water partition coefficient (Wildman–Crippen LogP) is 2.99. The van der Waals surface area contributed by atoms with Crippen LogP contribution in [0.3, 0.4) is 0 Å². The Kier molecular flexibility index (Phi) is 3.55. The highest BCUT2D eigenvalue weighted by Gasteiger charge is 2.53. The number of fused-ring (bicyclic) bond motifs is 2. The van der Waals surface area contributed by atoms with Crippen LogP contribution in [0.4, 0.5) is 5.69 Å². The number of hydrogen-bond acceptors (Lipinski definition) is 2. The summed E-state index contributed by atoms with van der Waals surface area (Å²) in [6.07, 6.45) is 3.84. The highest BCUT2D eigenvalue weighted by atomic mass is 16.2. The lowest BCUT2D eigenvalue weighted by Crippen LogP contribution is -2.57. The highest BCUT2D eigenvalue weighted by Crippen LogP contribution is 2.41. The lowest BCUT2D eigenvalue weighted by Gasteiger charge is -2.38. The molecule has 2 aliphatic heterocycles. The van der Waals surface area contributed by atoms with Gasteiger partial charge in [-0.1, -0.05) is 18.2 Å². The Morgan fingerprint density at radius 1 is 1.32 bits per heavy atom. The van der Waals surface area contributed by atoms with Crippen LogP contribution in [0, 0.1) is 0 Å². The fourth-order valence-electron chi connectivity index (χ4n) is 3.79. The van der Waals surface area contributed by atoms with Gasteiger partial charge in [0.2, 0.25) is 0 Å². The van der Waals surface area contributed by atoms with Crippen LogP contribution in [-0.4, -0.2) is 34.8 Å². The van der Waals surface area contributed by atoms with Crippen molar-refractivity contribution in [3.63, 3.8) is 0 Å². The first-order valence-electron chi connectivity index (χ1n) is 7.88. The number of rotatable bonds is 3. The van der Waals surface area contributed by atoms with Crippen molar-refractivity contribution >= 4 is 17.5 Å². The highest BCUT2D eigenvalue weighted by molar-refractivity contribution is 6.13. The molecule has 0 bridgehead atoms. The standard InChI is InChI=1S/C18H22N2O2/c1-4-10-18-11-7-12-19(18)16(21)14-8-5-6-9-15(14)20(13(2)3)17(18)22/h4-6,8-9,13H,1,7,10-12H2,2-3H3/t18-/m0/s1. The maximum absolute atomic E-state index is 13.4. The molecular formula is C18H22N2O2. The number of carbonyl (C=O) groups excluding carboxylic acids is 2. The summed E-state index contributed by atoms with van der Waals surface area (Å²) in [7, 11) is 0. The first kappa shape index (κ1) is 14.8. The Morgan fingerprint density at radius 3 is 2.73 bits per heavy atom. The summed E-state index contributed by atoms with van der Waals surface area (Å²) >= 11 is 0. The molecule has 4 heteroatoms. The van der Waals surface area contributed by atoms with E-state index < -0.39 is 5.54 Å². The SMILES string of the molecule is C=CC[C@@]12CCCN1C(=O)c1ccccc1N(C(C)C)C2=O. The van der Waals surface area contributed by atoms with Crippen molar-refractivity contribution in [3.05, 3.63) is 42.5 Å². The monoisotopic (exact) mass is 298 g/mol. The fraction of sp³-hybridized carbons (Fsp3) is 0.444. The number of nitrogens with zero attached hydrogens (tertiary/aromatic N) is 2. The van der Waals surface area contributed by atoms with Gasteiger partial charge in [0, 0.05) is 12.6 Å². The van der Waals surface area contributed by atoms with Gasteiger partial charge in [-0.25, -0.2) is 0 Å². The maximum Gasteiger partial charge on any atom is 0.256 e. The average Bonchev–Trinajstić information content (AvgIpc) is 2.89. The molecule has 2 aliphatic rings. The average molecular weight is 298 g/mol. The zero-order valence-corrected chi connectivity index (χ0v) is 13.2. The second-order valence-corrected chi connectivity index (χ2v) is 6.37. The summed E-state index contributed by atoms with van der Waals surface area (Å²) in [4.78, 5) is 30.0. The van der Waals surface area contributed by atoms with Crippen LogP contribution in [0.15, 0.2) is 36.9 Å². The van der Waals surface area contributed by atoms with Gasteiger partial charge in [0.15, 0.2) is 0 Å². The van der Waals surface area contributed by atoms with E-state index in [1.165, 1.54) is 0 Å². The van der Waals surface area contributed by atoms with E-state index in [1.54, 1.807) is 15.9 Å². The molecule has 0 unspecified atom stereocenters. The van der Waals surface area contributed by atoms with E-state index in [0.29, 0.717) is 24.9 Å². The number of carbonyl (C=O) groups is 2. The Hall–Kier alpha value is -2.10. The summed E-state index contributed by atoms with van der Waals surface area (Å²) < 4.78 is 0. The minimum Gasteiger partial charge on any atom is -0.324 e. The number of amides is 2. The summed E-state index contributed by atoms with van der Waals surface area (Å²) in [6, 6.07) is 7.43. The van der Waals surface area contributed by atoms with Crippen LogP contribution in [0.5, 0.6) is 0 Å². The molecule has 1 fully saturated rings. The third-order valence-corrected chi connectivity index (χ3v) is 4.74. The summed E-state index contributed by atoms with van der Waals surface area (Å²) in [5, 5.41) is 0. The Balaban J connectivity index is 2.24. The van der Waals surface area contributed by atoms with Crippen LogP contribution < -0.4 is 4.90 Å². The molecule has 0 aliphatic carbocycles. The molecule has 2 amide bonds. The molecule has 0 aromatic heterocycles. The molecule has 3 rings (SSSR count). The second-order valence-electron chi connectivity index (χ2n) is 6.37. The van der Waals surface area contributed by atoms with E-state index in [9.17, 15) is 9.59 Å². The molecule has 2 heterocycles. The Labute approximate surface area is 131 Å². The van der Waals surface area contributed by atoms with Gasteiger partial charge in [0.1, 0.15) is 5.54 Å². The van der Waals surface area contributed by atoms with E-state index in [0.717, 1.165) is 12.1 Å². The van der Waals surface area contributed by atoms with Crippen molar-refractivity contribution in [2.45, 2.75) is 44.7 Å².